The van der Waals surface area contributed by atoms with Gasteiger partial charge in [-0.05, 0) is 12.0 Å². The van der Waals surface area contributed by atoms with Gasteiger partial charge >= 0.3 is 5.97 Å². The molecule has 1 aliphatic heterocycles. The number of nitrogens with one attached hydrogen (secondary N) is 1. The number of carbonyl (C=O) groups is 1. The molecule has 0 bridgehead atoms. The highest BCUT2D eigenvalue weighted by Crippen LogP contribution is 2.12. The van der Waals surface area contributed by atoms with Crippen LogP contribution in [0.1, 0.15) is 25.3 Å². The number of ether oxygens (including phenoxy) is 1. The number of benzene rings is 1. The highest BCUT2D eigenvalue weighted by atomic mass is 16.5. The van der Waals surface area contributed by atoms with Gasteiger partial charge in [-0.25, -0.2) is 4.79 Å². The fourth-order valence-electron chi connectivity index (χ4n) is 2.30. The fraction of sp³-hybridized carbons (Fsp3) is 0.412. The zero-order valence-corrected chi connectivity index (χ0v) is 12.8. The van der Waals surface area contributed by atoms with Gasteiger partial charge in [-0.3, -0.25) is 4.90 Å². The van der Waals surface area contributed by atoms with Crippen molar-refractivity contribution in [3.05, 3.63) is 47.7 Å². The maximum absolute atomic E-state index is 12.3. The maximum Gasteiger partial charge on any atom is 0.344 e. The lowest BCUT2D eigenvalue weighted by Crippen LogP contribution is -2.53. The summed E-state index contributed by atoms with van der Waals surface area (Å²) in [4.78, 5) is 14.3. The Morgan fingerprint density at radius 3 is 2.91 bits per heavy atom. The molecular weight excluding hydrogens is 278 g/mol. The first-order valence-corrected chi connectivity index (χ1v) is 7.54. The van der Waals surface area contributed by atoms with Crippen molar-refractivity contribution in [2.45, 2.75) is 32.5 Å². The Balaban J connectivity index is 1.96. The third kappa shape index (κ3) is 4.34. The van der Waals surface area contributed by atoms with Gasteiger partial charge in [0.25, 0.3) is 0 Å². The normalized spacial score (nSPS) is 18.0. The first-order chi connectivity index (χ1) is 10.7. The number of nitrogens with zero attached hydrogens (tertiary/aromatic N) is 2. The molecule has 22 heavy (non-hydrogen) atoms. The number of unbranched alkanes of at least 4 members (excludes halogenated alkanes) is 1. The van der Waals surface area contributed by atoms with Crippen LogP contribution >= 0.6 is 0 Å². The van der Waals surface area contributed by atoms with E-state index in [0.717, 1.165) is 24.9 Å². The minimum atomic E-state index is -0.521. The number of nitriles is 1. The Morgan fingerprint density at radius 2 is 2.23 bits per heavy atom. The molecule has 116 valence electrons. The monoisotopic (exact) mass is 299 g/mol. The summed E-state index contributed by atoms with van der Waals surface area (Å²) in [5, 5.41) is 12.0. The Morgan fingerprint density at radius 1 is 1.45 bits per heavy atom. The van der Waals surface area contributed by atoms with E-state index >= 15 is 0 Å². The molecule has 0 saturated heterocycles. The van der Waals surface area contributed by atoms with Crippen molar-refractivity contribution in [2.75, 3.05) is 13.1 Å². The zero-order valence-electron chi connectivity index (χ0n) is 12.8. The minimum Gasteiger partial charge on any atom is -0.458 e. The molecule has 5 nitrogen and oxygen atoms in total. The van der Waals surface area contributed by atoms with Crippen LogP contribution in [0, 0.1) is 11.3 Å². The van der Waals surface area contributed by atoms with E-state index in [1.165, 1.54) is 0 Å². The SMILES string of the molecule is CCCCN1CC(C#N)=CNC1C(=O)OCc1ccccc1. The smallest absolute Gasteiger partial charge is 0.344 e. The van der Waals surface area contributed by atoms with Crippen molar-refractivity contribution in [2.24, 2.45) is 0 Å². The van der Waals surface area contributed by atoms with E-state index in [9.17, 15) is 4.79 Å². The lowest BCUT2D eigenvalue weighted by molar-refractivity contribution is -0.152. The molecule has 1 aromatic rings. The van der Waals surface area contributed by atoms with Crippen molar-refractivity contribution >= 4 is 5.97 Å². The van der Waals surface area contributed by atoms with Crippen LogP contribution in [0.15, 0.2) is 42.1 Å². The maximum atomic E-state index is 12.3. The third-order valence-electron chi connectivity index (χ3n) is 3.54. The molecule has 5 heteroatoms. The van der Waals surface area contributed by atoms with Gasteiger partial charge < -0.3 is 10.1 Å². The van der Waals surface area contributed by atoms with Crippen molar-refractivity contribution in [1.29, 1.82) is 5.26 Å². The predicted octanol–water partition coefficient (Wildman–Crippen LogP) is 2.17. The second-order valence-corrected chi connectivity index (χ2v) is 5.27. The van der Waals surface area contributed by atoms with Crippen LogP contribution in [-0.4, -0.2) is 30.1 Å². The van der Waals surface area contributed by atoms with E-state index in [0.29, 0.717) is 12.1 Å². The first-order valence-electron chi connectivity index (χ1n) is 7.54. The summed E-state index contributed by atoms with van der Waals surface area (Å²) < 4.78 is 5.39. The summed E-state index contributed by atoms with van der Waals surface area (Å²) >= 11 is 0. The Labute approximate surface area is 131 Å². The van der Waals surface area contributed by atoms with Crippen LogP contribution in [0.5, 0.6) is 0 Å². The summed E-state index contributed by atoms with van der Waals surface area (Å²) in [5.41, 5.74) is 1.59. The molecule has 0 aliphatic carbocycles. The van der Waals surface area contributed by atoms with E-state index < -0.39 is 6.17 Å². The molecule has 0 radical (unpaired) electrons. The van der Waals surface area contributed by atoms with Crippen molar-refractivity contribution in [1.82, 2.24) is 10.2 Å². The van der Waals surface area contributed by atoms with Crippen LogP contribution < -0.4 is 5.32 Å². The number of hydrogen-bond acceptors (Lipinski definition) is 5. The van der Waals surface area contributed by atoms with Crippen molar-refractivity contribution < 1.29 is 9.53 Å². The molecule has 0 amide bonds. The fourth-order valence-corrected chi connectivity index (χ4v) is 2.30. The van der Waals surface area contributed by atoms with E-state index in [-0.39, 0.29) is 12.6 Å². The summed E-state index contributed by atoms with van der Waals surface area (Å²) in [7, 11) is 0. The minimum absolute atomic E-state index is 0.258. The summed E-state index contributed by atoms with van der Waals surface area (Å²) in [6.07, 6.45) is 3.10. The van der Waals surface area contributed by atoms with Crippen molar-refractivity contribution in [3.8, 4) is 6.07 Å². The zero-order chi connectivity index (χ0) is 15.8. The Bertz CT molecular complexity index is 563. The third-order valence-corrected chi connectivity index (χ3v) is 3.54. The quantitative estimate of drug-likeness (QED) is 0.816. The molecule has 1 aliphatic rings. The van der Waals surface area contributed by atoms with Gasteiger partial charge in [0.05, 0.1) is 11.6 Å². The number of rotatable bonds is 6. The summed E-state index contributed by atoms with van der Waals surface area (Å²) in [6.45, 7) is 3.59. The highest BCUT2D eigenvalue weighted by Gasteiger charge is 2.29. The van der Waals surface area contributed by atoms with Gasteiger partial charge in [0, 0.05) is 19.3 Å². The molecule has 0 spiro atoms. The predicted molar refractivity (Wildman–Crippen MR) is 83.3 cm³/mol. The molecule has 1 N–H and O–H groups in total. The van der Waals surface area contributed by atoms with Crippen LogP contribution in [0.3, 0.4) is 0 Å². The number of carbonyl (C=O) groups excluding carboxylic acids is 1. The topological polar surface area (TPSA) is 65.4 Å². The molecule has 1 atom stereocenters. The van der Waals surface area contributed by atoms with Gasteiger partial charge in [0.15, 0.2) is 6.17 Å². The van der Waals surface area contributed by atoms with Gasteiger partial charge in [-0.15, -0.1) is 0 Å². The van der Waals surface area contributed by atoms with Gasteiger partial charge in [0.1, 0.15) is 6.61 Å². The molecule has 1 heterocycles. The van der Waals surface area contributed by atoms with Crippen LogP contribution in [0.25, 0.3) is 0 Å². The standard InChI is InChI=1S/C17H21N3O2/c1-2-3-9-20-12-15(10-18)11-19-16(20)17(21)22-13-14-7-5-4-6-8-14/h4-8,11,16,19H,2-3,9,12-13H2,1H3. The molecule has 0 saturated carbocycles. The molecule has 0 fully saturated rings. The van der Waals surface area contributed by atoms with Gasteiger partial charge in [-0.2, -0.15) is 5.26 Å². The molecule has 1 aromatic carbocycles. The average molecular weight is 299 g/mol. The van der Waals surface area contributed by atoms with Crippen molar-refractivity contribution in [3.63, 3.8) is 0 Å². The van der Waals surface area contributed by atoms with Crippen LogP contribution in [0.2, 0.25) is 0 Å². The summed E-state index contributed by atoms with van der Waals surface area (Å²) in [5.74, 6) is -0.312. The largest absolute Gasteiger partial charge is 0.458 e. The van der Waals surface area contributed by atoms with E-state index in [4.69, 9.17) is 10.00 Å². The van der Waals surface area contributed by atoms with Gasteiger partial charge in [0.2, 0.25) is 0 Å². The number of esters is 1. The molecular formula is C17H21N3O2. The molecule has 2 rings (SSSR count). The van der Waals surface area contributed by atoms with Crippen LogP contribution in [0.4, 0.5) is 0 Å². The second-order valence-electron chi connectivity index (χ2n) is 5.27. The first kappa shape index (κ1) is 16.1. The highest BCUT2D eigenvalue weighted by molar-refractivity contribution is 5.76. The lowest BCUT2D eigenvalue weighted by atomic mass is 10.2. The summed E-state index contributed by atoms with van der Waals surface area (Å²) in [6, 6.07) is 11.7. The van der Waals surface area contributed by atoms with Gasteiger partial charge in [-0.1, -0.05) is 43.7 Å². The van der Waals surface area contributed by atoms with E-state index in [2.05, 4.69) is 18.3 Å². The van der Waals surface area contributed by atoms with Crippen LogP contribution in [-0.2, 0) is 16.1 Å². The molecule has 0 aromatic heterocycles. The Kier molecular flexibility index (Phi) is 5.99. The van der Waals surface area contributed by atoms with E-state index in [1.807, 2.05) is 35.2 Å². The second kappa shape index (κ2) is 8.20. The Hall–Kier alpha value is -2.32. The molecule has 1 unspecified atom stereocenters. The lowest BCUT2D eigenvalue weighted by Gasteiger charge is -2.33. The number of hydrogen-bond donors (Lipinski definition) is 1. The average Bonchev–Trinajstić information content (AvgIpc) is 2.58. The van der Waals surface area contributed by atoms with E-state index in [1.54, 1.807) is 6.20 Å².